The lowest BCUT2D eigenvalue weighted by atomic mass is 10.00. The highest BCUT2D eigenvalue weighted by molar-refractivity contribution is 5.84. The monoisotopic (exact) mass is 268 g/mol. The van der Waals surface area contributed by atoms with E-state index in [1.54, 1.807) is 0 Å². The van der Waals surface area contributed by atoms with Crippen molar-refractivity contribution in [3.63, 3.8) is 0 Å². The van der Waals surface area contributed by atoms with E-state index in [0.29, 0.717) is 0 Å². The van der Waals surface area contributed by atoms with Crippen molar-refractivity contribution in [3.05, 3.63) is 40.6 Å². The summed E-state index contributed by atoms with van der Waals surface area (Å²) in [6.07, 6.45) is 6.13. The molecule has 3 rings (SSSR count). The Hall–Kier alpha value is -1.41. The van der Waals surface area contributed by atoms with Gasteiger partial charge < -0.3 is 5.32 Å². The van der Waals surface area contributed by atoms with Crippen molar-refractivity contribution in [2.45, 2.75) is 52.5 Å². The second-order valence-corrected chi connectivity index (χ2v) is 5.92. The van der Waals surface area contributed by atoms with Crippen LogP contribution in [-0.2, 0) is 19.4 Å². The zero-order valence-corrected chi connectivity index (χ0v) is 12.6. The van der Waals surface area contributed by atoms with Gasteiger partial charge in [0.05, 0.1) is 5.52 Å². The first-order chi connectivity index (χ1) is 9.79. The van der Waals surface area contributed by atoms with Gasteiger partial charge in [0.15, 0.2) is 0 Å². The molecule has 0 aliphatic heterocycles. The van der Waals surface area contributed by atoms with Crippen LogP contribution in [0, 0.1) is 6.92 Å². The summed E-state index contributed by atoms with van der Waals surface area (Å²) < 4.78 is 0. The summed E-state index contributed by atoms with van der Waals surface area (Å²) in [6.45, 7) is 6.51. The SMILES string of the molecule is CCCCNCc1c2c(nc3ccc(C)cc13)CCC2. The second-order valence-electron chi connectivity index (χ2n) is 5.92. The van der Waals surface area contributed by atoms with E-state index >= 15 is 0 Å². The van der Waals surface area contributed by atoms with E-state index in [9.17, 15) is 0 Å². The number of pyridine rings is 1. The van der Waals surface area contributed by atoms with Crippen LogP contribution in [0.1, 0.15) is 48.6 Å². The van der Waals surface area contributed by atoms with E-state index in [-0.39, 0.29) is 0 Å². The molecule has 0 fully saturated rings. The van der Waals surface area contributed by atoms with Crippen LogP contribution in [0.5, 0.6) is 0 Å². The third-order valence-electron chi connectivity index (χ3n) is 4.29. The molecular formula is C18H24N2. The normalized spacial score (nSPS) is 13.9. The Morgan fingerprint density at radius 3 is 3.00 bits per heavy atom. The Morgan fingerprint density at radius 1 is 1.25 bits per heavy atom. The molecule has 0 radical (unpaired) electrons. The third-order valence-corrected chi connectivity index (χ3v) is 4.29. The van der Waals surface area contributed by atoms with Crippen molar-refractivity contribution in [1.29, 1.82) is 0 Å². The number of nitrogens with zero attached hydrogens (tertiary/aromatic N) is 1. The lowest BCUT2D eigenvalue weighted by molar-refractivity contribution is 0.640. The summed E-state index contributed by atoms with van der Waals surface area (Å²) in [5.41, 5.74) is 6.86. The maximum Gasteiger partial charge on any atom is 0.0708 e. The smallest absolute Gasteiger partial charge is 0.0708 e. The van der Waals surface area contributed by atoms with Gasteiger partial charge in [0.2, 0.25) is 0 Å². The summed E-state index contributed by atoms with van der Waals surface area (Å²) in [6, 6.07) is 6.65. The van der Waals surface area contributed by atoms with E-state index in [0.717, 1.165) is 19.5 Å². The Balaban J connectivity index is 2.00. The van der Waals surface area contributed by atoms with Gasteiger partial charge in [-0.05, 0) is 62.4 Å². The molecule has 1 aromatic heterocycles. The van der Waals surface area contributed by atoms with Crippen molar-refractivity contribution in [2.75, 3.05) is 6.54 Å². The number of fused-ring (bicyclic) bond motifs is 2. The van der Waals surface area contributed by atoms with Gasteiger partial charge in [-0.3, -0.25) is 4.98 Å². The van der Waals surface area contributed by atoms with E-state index in [1.807, 2.05) is 0 Å². The molecule has 1 heterocycles. The minimum atomic E-state index is 0.991. The highest BCUT2D eigenvalue weighted by Crippen LogP contribution is 2.30. The van der Waals surface area contributed by atoms with Crippen LogP contribution >= 0.6 is 0 Å². The molecule has 1 aromatic carbocycles. The molecule has 0 amide bonds. The van der Waals surface area contributed by atoms with Gasteiger partial charge in [-0.1, -0.05) is 25.0 Å². The summed E-state index contributed by atoms with van der Waals surface area (Å²) in [4.78, 5) is 4.87. The summed E-state index contributed by atoms with van der Waals surface area (Å²) in [5, 5.41) is 4.97. The second kappa shape index (κ2) is 5.92. The maximum absolute atomic E-state index is 4.87. The van der Waals surface area contributed by atoms with Crippen molar-refractivity contribution in [1.82, 2.24) is 10.3 Å². The van der Waals surface area contributed by atoms with Crippen LogP contribution in [0.3, 0.4) is 0 Å². The quantitative estimate of drug-likeness (QED) is 0.831. The Morgan fingerprint density at radius 2 is 2.15 bits per heavy atom. The number of nitrogens with one attached hydrogen (secondary N) is 1. The van der Waals surface area contributed by atoms with Crippen LogP contribution in [-0.4, -0.2) is 11.5 Å². The lowest BCUT2D eigenvalue weighted by Gasteiger charge is -2.14. The number of unbranched alkanes of at least 4 members (excludes halogenated alkanes) is 1. The number of benzene rings is 1. The Kier molecular flexibility index (Phi) is 4.02. The highest BCUT2D eigenvalue weighted by atomic mass is 14.8. The number of hydrogen-bond donors (Lipinski definition) is 1. The van der Waals surface area contributed by atoms with Gasteiger partial charge in [0.1, 0.15) is 0 Å². The van der Waals surface area contributed by atoms with Crippen molar-refractivity contribution >= 4 is 10.9 Å². The largest absolute Gasteiger partial charge is 0.313 e. The predicted molar refractivity (Wildman–Crippen MR) is 85.1 cm³/mol. The molecule has 1 aliphatic carbocycles. The van der Waals surface area contributed by atoms with Gasteiger partial charge in [0.25, 0.3) is 0 Å². The molecule has 0 unspecified atom stereocenters. The van der Waals surface area contributed by atoms with E-state index < -0.39 is 0 Å². The van der Waals surface area contributed by atoms with Crippen LogP contribution in [0.4, 0.5) is 0 Å². The number of rotatable bonds is 5. The molecule has 0 spiro atoms. The topological polar surface area (TPSA) is 24.9 Å². The van der Waals surface area contributed by atoms with Gasteiger partial charge in [-0.25, -0.2) is 0 Å². The molecule has 2 heteroatoms. The highest BCUT2D eigenvalue weighted by Gasteiger charge is 2.19. The van der Waals surface area contributed by atoms with Crippen molar-refractivity contribution < 1.29 is 0 Å². The minimum Gasteiger partial charge on any atom is -0.313 e. The molecular weight excluding hydrogens is 244 g/mol. The lowest BCUT2D eigenvalue weighted by Crippen LogP contribution is -2.16. The molecule has 2 nitrogen and oxygen atoms in total. The standard InChI is InChI=1S/C18H24N2/c1-3-4-10-19-12-16-14-6-5-7-17(14)20-18-9-8-13(2)11-15(16)18/h8-9,11,19H,3-7,10,12H2,1-2H3. The van der Waals surface area contributed by atoms with Crippen LogP contribution < -0.4 is 5.32 Å². The predicted octanol–water partition coefficient (Wildman–Crippen LogP) is 3.92. The van der Waals surface area contributed by atoms with Crippen LogP contribution in [0.15, 0.2) is 18.2 Å². The van der Waals surface area contributed by atoms with Gasteiger partial charge in [0, 0.05) is 17.6 Å². The Bertz CT molecular complexity index is 616. The third kappa shape index (κ3) is 2.57. The average molecular weight is 268 g/mol. The molecule has 2 aromatic rings. The van der Waals surface area contributed by atoms with Crippen LogP contribution in [0.25, 0.3) is 10.9 Å². The van der Waals surface area contributed by atoms with E-state index in [4.69, 9.17) is 4.98 Å². The molecule has 20 heavy (non-hydrogen) atoms. The van der Waals surface area contributed by atoms with Gasteiger partial charge in [-0.2, -0.15) is 0 Å². The van der Waals surface area contributed by atoms with Gasteiger partial charge >= 0.3 is 0 Å². The molecule has 0 atom stereocenters. The molecule has 0 saturated carbocycles. The fraction of sp³-hybridized carbons (Fsp3) is 0.500. The number of aromatic nitrogens is 1. The fourth-order valence-electron chi connectivity index (χ4n) is 3.19. The first kappa shape index (κ1) is 13.6. The van der Waals surface area contributed by atoms with Crippen LogP contribution in [0.2, 0.25) is 0 Å². The molecule has 0 saturated heterocycles. The molecule has 0 bridgehead atoms. The molecule has 1 aliphatic rings. The first-order valence-corrected chi connectivity index (χ1v) is 7.91. The summed E-state index contributed by atoms with van der Waals surface area (Å²) in [7, 11) is 0. The van der Waals surface area contributed by atoms with Gasteiger partial charge in [-0.15, -0.1) is 0 Å². The molecule has 106 valence electrons. The molecule has 1 N–H and O–H groups in total. The fourth-order valence-corrected chi connectivity index (χ4v) is 3.19. The summed E-state index contributed by atoms with van der Waals surface area (Å²) >= 11 is 0. The Labute approximate surface area is 121 Å². The average Bonchev–Trinajstić information content (AvgIpc) is 2.91. The summed E-state index contributed by atoms with van der Waals surface area (Å²) in [5.74, 6) is 0. The number of aryl methyl sites for hydroxylation is 2. The number of hydrogen-bond acceptors (Lipinski definition) is 2. The minimum absolute atomic E-state index is 0.991. The zero-order chi connectivity index (χ0) is 13.9. The first-order valence-electron chi connectivity index (χ1n) is 7.91. The van der Waals surface area contributed by atoms with Crippen molar-refractivity contribution in [2.24, 2.45) is 0 Å². The van der Waals surface area contributed by atoms with Crippen molar-refractivity contribution in [3.8, 4) is 0 Å². The van der Waals surface area contributed by atoms with E-state index in [1.165, 1.54) is 59.0 Å². The maximum atomic E-state index is 4.87. The zero-order valence-electron chi connectivity index (χ0n) is 12.6. The van der Waals surface area contributed by atoms with E-state index in [2.05, 4.69) is 37.4 Å².